The lowest BCUT2D eigenvalue weighted by Gasteiger charge is -2.36. The molecule has 1 saturated heterocycles. The summed E-state index contributed by atoms with van der Waals surface area (Å²) in [7, 11) is 2.15. The van der Waals surface area contributed by atoms with Crippen molar-refractivity contribution in [1.82, 2.24) is 9.88 Å². The maximum atomic E-state index is 13.3. The molecule has 126 valence electrons. The van der Waals surface area contributed by atoms with E-state index < -0.39 is 0 Å². The Morgan fingerprint density at radius 2 is 2.08 bits per heavy atom. The number of nitrogens with zero attached hydrogens (tertiary/aromatic N) is 3. The number of likely N-dealkylation sites (N-methyl/N-ethyl adjacent to an activating group) is 1. The van der Waals surface area contributed by atoms with Crippen LogP contribution in [-0.4, -0.2) is 42.0 Å². The molecule has 0 saturated carbocycles. The number of fused-ring (bicyclic) bond motifs is 3. The van der Waals surface area contributed by atoms with E-state index in [-0.39, 0.29) is 11.9 Å². The molecule has 1 fully saturated rings. The zero-order valence-corrected chi connectivity index (χ0v) is 14.7. The van der Waals surface area contributed by atoms with Gasteiger partial charge in [0, 0.05) is 31.1 Å². The molecule has 3 heterocycles. The first-order chi connectivity index (χ1) is 11.5. The summed E-state index contributed by atoms with van der Waals surface area (Å²) < 4.78 is 5.49. The predicted molar refractivity (Wildman–Crippen MR) is 92.6 cm³/mol. The van der Waals surface area contributed by atoms with Gasteiger partial charge in [0.1, 0.15) is 5.76 Å². The Hall–Kier alpha value is -2.14. The van der Waals surface area contributed by atoms with Gasteiger partial charge < -0.3 is 14.2 Å². The Morgan fingerprint density at radius 1 is 1.29 bits per heavy atom. The van der Waals surface area contributed by atoms with Crippen molar-refractivity contribution in [3.8, 4) is 0 Å². The summed E-state index contributed by atoms with van der Waals surface area (Å²) in [5.74, 6) is 1.48. The maximum absolute atomic E-state index is 13.3. The summed E-state index contributed by atoms with van der Waals surface area (Å²) in [6.45, 7) is 7.70. The molecule has 1 aromatic heterocycles. The molecule has 0 N–H and O–H groups in total. The fourth-order valence-corrected chi connectivity index (χ4v) is 4.19. The van der Waals surface area contributed by atoms with E-state index >= 15 is 0 Å². The van der Waals surface area contributed by atoms with Crippen LogP contribution >= 0.6 is 0 Å². The van der Waals surface area contributed by atoms with E-state index in [1.54, 1.807) is 6.92 Å². The van der Waals surface area contributed by atoms with Crippen molar-refractivity contribution in [3.05, 3.63) is 46.7 Å². The lowest BCUT2D eigenvalue weighted by Crippen LogP contribution is -2.47. The third-order valence-corrected chi connectivity index (χ3v) is 5.28. The summed E-state index contributed by atoms with van der Waals surface area (Å²) in [6.07, 6.45) is 0.983. The SMILES string of the molecule is Cc1ccc2c(c1)[C@H]1CN(C)CC[C@H]1N2C(=O)c1nc(C)oc1C. The zero-order chi connectivity index (χ0) is 17.0. The number of amides is 1. The number of rotatable bonds is 1. The first-order valence-corrected chi connectivity index (χ1v) is 8.52. The van der Waals surface area contributed by atoms with Crippen LogP contribution in [0, 0.1) is 20.8 Å². The monoisotopic (exact) mass is 325 g/mol. The van der Waals surface area contributed by atoms with Crippen molar-refractivity contribution in [2.45, 2.75) is 39.2 Å². The summed E-state index contributed by atoms with van der Waals surface area (Å²) >= 11 is 0. The van der Waals surface area contributed by atoms with Crippen LogP contribution in [0.3, 0.4) is 0 Å². The van der Waals surface area contributed by atoms with Crippen LogP contribution in [0.15, 0.2) is 22.6 Å². The van der Waals surface area contributed by atoms with Gasteiger partial charge >= 0.3 is 0 Å². The van der Waals surface area contributed by atoms with Crippen LogP contribution in [0.25, 0.3) is 0 Å². The minimum absolute atomic E-state index is 0.0356. The van der Waals surface area contributed by atoms with E-state index in [2.05, 4.69) is 42.1 Å². The van der Waals surface area contributed by atoms with Gasteiger partial charge in [-0.25, -0.2) is 4.98 Å². The van der Waals surface area contributed by atoms with Gasteiger partial charge in [-0.3, -0.25) is 4.79 Å². The van der Waals surface area contributed by atoms with Crippen molar-refractivity contribution in [3.63, 3.8) is 0 Å². The first kappa shape index (κ1) is 15.4. The summed E-state index contributed by atoms with van der Waals surface area (Å²) in [5, 5.41) is 0. The maximum Gasteiger partial charge on any atom is 0.280 e. The van der Waals surface area contributed by atoms with Gasteiger partial charge in [-0.2, -0.15) is 0 Å². The second-order valence-corrected chi connectivity index (χ2v) is 7.10. The minimum Gasteiger partial charge on any atom is -0.445 e. The van der Waals surface area contributed by atoms with Gasteiger partial charge in [-0.15, -0.1) is 0 Å². The smallest absolute Gasteiger partial charge is 0.280 e. The second kappa shape index (κ2) is 5.45. The molecule has 0 radical (unpaired) electrons. The zero-order valence-electron chi connectivity index (χ0n) is 14.7. The number of carbonyl (C=O) groups is 1. The molecule has 0 unspecified atom stereocenters. The Balaban J connectivity index is 1.80. The third kappa shape index (κ3) is 2.26. The average Bonchev–Trinajstić information content (AvgIpc) is 3.03. The summed E-state index contributed by atoms with van der Waals surface area (Å²) in [5.41, 5.74) is 4.01. The van der Waals surface area contributed by atoms with E-state index in [1.807, 2.05) is 11.8 Å². The third-order valence-electron chi connectivity index (χ3n) is 5.28. The highest BCUT2D eigenvalue weighted by molar-refractivity contribution is 6.07. The van der Waals surface area contributed by atoms with Gasteiger partial charge in [-0.05, 0) is 45.5 Å². The fourth-order valence-electron chi connectivity index (χ4n) is 4.19. The molecule has 2 aliphatic rings. The Morgan fingerprint density at radius 3 is 2.79 bits per heavy atom. The van der Waals surface area contributed by atoms with Gasteiger partial charge in [-0.1, -0.05) is 17.7 Å². The lowest BCUT2D eigenvalue weighted by atomic mass is 9.89. The van der Waals surface area contributed by atoms with Gasteiger partial charge in [0.2, 0.25) is 0 Å². The van der Waals surface area contributed by atoms with Crippen LogP contribution in [-0.2, 0) is 0 Å². The van der Waals surface area contributed by atoms with Crippen molar-refractivity contribution in [2.75, 3.05) is 25.0 Å². The lowest BCUT2D eigenvalue weighted by molar-refractivity contribution is 0.0959. The van der Waals surface area contributed by atoms with Crippen molar-refractivity contribution in [2.24, 2.45) is 0 Å². The second-order valence-electron chi connectivity index (χ2n) is 7.10. The van der Waals surface area contributed by atoms with Crippen LogP contribution in [0.1, 0.15) is 45.6 Å². The number of oxazole rings is 1. The molecule has 24 heavy (non-hydrogen) atoms. The number of likely N-dealkylation sites (tertiary alicyclic amines) is 1. The quantitative estimate of drug-likeness (QED) is 0.808. The topological polar surface area (TPSA) is 49.6 Å². The molecule has 1 amide bonds. The molecule has 5 nitrogen and oxygen atoms in total. The molecule has 2 atom stereocenters. The summed E-state index contributed by atoms with van der Waals surface area (Å²) in [6, 6.07) is 6.62. The van der Waals surface area contributed by atoms with E-state index in [4.69, 9.17) is 4.42 Å². The van der Waals surface area contributed by atoms with Crippen LogP contribution < -0.4 is 4.90 Å². The molecule has 1 aromatic carbocycles. The number of hydrogen-bond donors (Lipinski definition) is 0. The van der Waals surface area contributed by atoms with E-state index in [1.165, 1.54) is 11.1 Å². The van der Waals surface area contributed by atoms with Gasteiger partial charge in [0.05, 0.1) is 0 Å². The predicted octanol–water partition coefficient (Wildman–Crippen LogP) is 3.05. The highest BCUT2D eigenvalue weighted by Gasteiger charge is 2.44. The minimum atomic E-state index is -0.0356. The summed E-state index contributed by atoms with van der Waals surface area (Å²) in [4.78, 5) is 21.9. The van der Waals surface area contributed by atoms with E-state index in [0.717, 1.165) is 25.2 Å². The normalized spacial score (nSPS) is 23.2. The Bertz CT molecular complexity index is 811. The largest absolute Gasteiger partial charge is 0.445 e. The van der Waals surface area contributed by atoms with Crippen LogP contribution in [0.4, 0.5) is 5.69 Å². The Kier molecular flexibility index (Phi) is 3.49. The molecule has 5 heteroatoms. The first-order valence-electron chi connectivity index (χ1n) is 8.52. The van der Waals surface area contributed by atoms with Gasteiger partial charge in [0.25, 0.3) is 5.91 Å². The van der Waals surface area contributed by atoms with E-state index in [9.17, 15) is 4.79 Å². The number of benzene rings is 1. The standard InChI is InChI=1S/C19H23N3O2/c1-11-5-6-16-14(9-11)15-10-21(4)8-7-17(15)22(16)19(23)18-12(2)24-13(3)20-18/h5-6,9,15,17H,7-8,10H2,1-4H3/t15-,17-/m1/s1. The number of aromatic nitrogens is 1. The van der Waals surface area contributed by atoms with E-state index in [0.29, 0.717) is 23.3 Å². The number of piperidine rings is 1. The Labute approximate surface area is 142 Å². The highest BCUT2D eigenvalue weighted by Crippen LogP contribution is 2.45. The van der Waals surface area contributed by atoms with Gasteiger partial charge in [0.15, 0.2) is 11.6 Å². The molecule has 0 aliphatic carbocycles. The van der Waals surface area contributed by atoms with Crippen LogP contribution in [0.5, 0.6) is 0 Å². The molecule has 0 spiro atoms. The fraction of sp³-hybridized carbons (Fsp3) is 0.474. The molecule has 0 bridgehead atoms. The number of aryl methyl sites for hydroxylation is 3. The molecule has 2 aromatic rings. The molecule has 4 rings (SSSR count). The van der Waals surface area contributed by atoms with Crippen molar-refractivity contribution >= 4 is 11.6 Å². The highest BCUT2D eigenvalue weighted by atomic mass is 16.4. The molecule has 2 aliphatic heterocycles. The molecular formula is C19H23N3O2. The van der Waals surface area contributed by atoms with Crippen molar-refractivity contribution in [1.29, 1.82) is 0 Å². The number of carbonyl (C=O) groups excluding carboxylic acids is 1. The molecular weight excluding hydrogens is 302 g/mol. The average molecular weight is 325 g/mol. The number of anilines is 1. The van der Waals surface area contributed by atoms with Crippen LogP contribution in [0.2, 0.25) is 0 Å². The number of hydrogen-bond acceptors (Lipinski definition) is 4. The van der Waals surface area contributed by atoms with Crippen molar-refractivity contribution < 1.29 is 9.21 Å².